The van der Waals surface area contributed by atoms with Gasteiger partial charge in [-0.1, -0.05) is 29.8 Å². The minimum absolute atomic E-state index is 0.360. The molecule has 0 aliphatic carbocycles. The predicted octanol–water partition coefficient (Wildman–Crippen LogP) is 2.31. The number of carbonyl (C=O) groups excluding carboxylic acids is 4. The molecule has 2 aromatic carbocycles. The lowest BCUT2D eigenvalue weighted by Crippen LogP contribution is -2.44. The van der Waals surface area contributed by atoms with E-state index in [4.69, 9.17) is 11.6 Å². The normalized spacial score (nSPS) is 18.0. The van der Waals surface area contributed by atoms with Crippen LogP contribution in [0, 0.1) is 12.7 Å². The van der Waals surface area contributed by atoms with Crippen molar-refractivity contribution < 1.29 is 23.6 Å². The van der Waals surface area contributed by atoms with Crippen LogP contribution in [0.2, 0.25) is 5.02 Å². The molecular formula is C21H20ClFN4O4. The highest BCUT2D eigenvalue weighted by atomic mass is 35.5. The summed E-state index contributed by atoms with van der Waals surface area (Å²) in [5.74, 6) is -2.36. The number of amides is 5. The molecule has 1 aliphatic heterocycles. The Morgan fingerprint density at radius 3 is 2.45 bits per heavy atom. The molecule has 0 radical (unpaired) electrons. The van der Waals surface area contributed by atoms with Crippen molar-refractivity contribution in [3.8, 4) is 0 Å². The monoisotopic (exact) mass is 446 g/mol. The zero-order chi connectivity index (χ0) is 22.8. The molecule has 3 rings (SSSR count). The Morgan fingerprint density at radius 2 is 1.81 bits per heavy atom. The summed E-state index contributed by atoms with van der Waals surface area (Å²) in [5.41, 5.74) is 0.280. The molecule has 162 valence electrons. The molecule has 8 nitrogen and oxygen atoms in total. The van der Waals surface area contributed by atoms with Crippen LogP contribution in [0.4, 0.5) is 14.9 Å². The molecule has 0 bridgehead atoms. The molecule has 5 amide bonds. The number of nitrogens with one attached hydrogen (secondary N) is 3. The predicted molar refractivity (Wildman–Crippen MR) is 112 cm³/mol. The molecular weight excluding hydrogens is 427 g/mol. The van der Waals surface area contributed by atoms with Crippen LogP contribution in [-0.4, -0.2) is 41.7 Å². The summed E-state index contributed by atoms with van der Waals surface area (Å²) in [4.78, 5) is 50.1. The van der Waals surface area contributed by atoms with Crippen LogP contribution in [0.1, 0.15) is 18.1 Å². The van der Waals surface area contributed by atoms with E-state index >= 15 is 0 Å². The molecule has 1 fully saturated rings. The third kappa shape index (κ3) is 4.83. The van der Waals surface area contributed by atoms with Gasteiger partial charge in [0.05, 0.1) is 17.3 Å². The second-order valence-electron chi connectivity index (χ2n) is 7.26. The average Bonchev–Trinajstić information content (AvgIpc) is 2.93. The quantitative estimate of drug-likeness (QED) is 0.592. The van der Waals surface area contributed by atoms with Crippen LogP contribution in [0.15, 0.2) is 42.5 Å². The van der Waals surface area contributed by atoms with E-state index in [1.165, 1.54) is 31.2 Å². The molecule has 0 spiro atoms. The highest BCUT2D eigenvalue weighted by Gasteiger charge is 2.49. The molecule has 10 heteroatoms. The minimum Gasteiger partial charge on any atom is -0.345 e. The number of hydrogen-bond acceptors (Lipinski definition) is 4. The Balaban J connectivity index is 1.57. The number of rotatable bonds is 6. The van der Waals surface area contributed by atoms with Crippen molar-refractivity contribution in [2.75, 3.05) is 18.4 Å². The number of aryl methyl sites for hydroxylation is 1. The second-order valence-corrected chi connectivity index (χ2v) is 7.67. The maximum Gasteiger partial charge on any atom is 0.325 e. The minimum atomic E-state index is -1.43. The summed E-state index contributed by atoms with van der Waals surface area (Å²) in [7, 11) is 0. The van der Waals surface area contributed by atoms with Crippen LogP contribution in [0.25, 0.3) is 0 Å². The molecule has 2 aromatic rings. The zero-order valence-electron chi connectivity index (χ0n) is 16.8. The van der Waals surface area contributed by atoms with Crippen molar-refractivity contribution >= 4 is 41.0 Å². The van der Waals surface area contributed by atoms with Gasteiger partial charge < -0.3 is 16.0 Å². The highest BCUT2D eigenvalue weighted by molar-refractivity contribution is 6.33. The van der Waals surface area contributed by atoms with Crippen molar-refractivity contribution in [3.05, 3.63) is 64.4 Å². The van der Waals surface area contributed by atoms with Crippen LogP contribution < -0.4 is 16.0 Å². The molecule has 31 heavy (non-hydrogen) atoms. The number of benzene rings is 2. The van der Waals surface area contributed by atoms with E-state index in [1.807, 2.05) is 6.92 Å². The van der Waals surface area contributed by atoms with Gasteiger partial charge in [0.25, 0.3) is 5.91 Å². The largest absolute Gasteiger partial charge is 0.345 e. The second kappa shape index (κ2) is 8.73. The van der Waals surface area contributed by atoms with E-state index < -0.39 is 41.7 Å². The first-order valence-corrected chi connectivity index (χ1v) is 9.71. The number of carbonyl (C=O) groups is 4. The summed E-state index contributed by atoms with van der Waals surface area (Å²) >= 11 is 6.06. The molecule has 1 heterocycles. The lowest BCUT2D eigenvalue weighted by Gasteiger charge is -2.22. The Labute approximate surface area is 182 Å². The Hall–Kier alpha value is -3.46. The van der Waals surface area contributed by atoms with Gasteiger partial charge in [-0.25, -0.2) is 9.18 Å². The fourth-order valence-electron chi connectivity index (χ4n) is 3.11. The molecule has 1 atom stereocenters. The molecule has 0 saturated carbocycles. The van der Waals surface area contributed by atoms with Gasteiger partial charge in [0, 0.05) is 0 Å². The number of halogens is 2. The van der Waals surface area contributed by atoms with Crippen molar-refractivity contribution in [1.29, 1.82) is 0 Å². The van der Waals surface area contributed by atoms with Gasteiger partial charge in [0.2, 0.25) is 11.8 Å². The first-order chi connectivity index (χ1) is 14.6. The van der Waals surface area contributed by atoms with Gasteiger partial charge in [-0.3, -0.25) is 19.3 Å². The topological polar surface area (TPSA) is 108 Å². The molecule has 0 aromatic heterocycles. The number of nitrogens with zero attached hydrogens (tertiary/aromatic N) is 1. The number of anilines is 1. The van der Waals surface area contributed by atoms with E-state index in [9.17, 15) is 23.6 Å². The molecule has 1 unspecified atom stereocenters. The first kappa shape index (κ1) is 22.2. The summed E-state index contributed by atoms with van der Waals surface area (Å²) in [5, 5.41) is 7.81. The van der Waals surface area contributed by atoms with Crippen LogP contribution in [0.5, 0.6) is 0 Å². The first-order valence-electron chi connectivity index (χ1n) is 9.33. The van der Waals surface area contributed by atoms with Crippen molar-refractivity contribution in [2.24, 2.45) is 0 Å². The van der Waals surface area contributed by atoms with E-state index in [1.54, 1.807) is 18.2 Å². The number of hydrogen-bond donors (Lipinski definition) is 3. The molecule has 1 saturated heterocycles. The van der Waals surface area contributed by atoms with Gasteiger partial charge in [0.15, 0.2) is 0 Å². The fourth-order valence-corrected chi connectivity index (χ4v) is 3.40. The van der Waals surface area contributed by atoms with Gasteiger partial charge in [-0.05, 0) is 49.2 Å². The van der Waals surface area contributed by atoms with E-state index in [0.717, 1.165) is 10.5 Å². The van der Waals surface area contributed by atoms with Gasteiger partial charge in [0.1, 0.15) is 17.9 Å². The standard InChI is InChI=1S/C21H20ClFN4O4/c1-12-3-8-16(15(22)9-12)25-17(28)10-24-18(29)11-27-19(30)21(2,26-20(27)31)13-4-6-14(23)7-5-13/h3-9H,10-11H2,1-2H3,(H,24,29)(H,25,28)(H,26,31). The highest BCUT2D eigenvalue weighted by Crippen LogP contribution is 2.28. The van der Waals surface area contributed by atoms with Crippen molar-refractivity contribution in [2.45, 2.75) is 19.4 Å². The molecule has 3 N–H and O–H groups in total. The summed E-state index contributed by atoms with van der Waals surface area (Å²) < 4.78 is 13.2. The fraction of sp³-hybridized carbons (Fsp3) is 0.238. The van der Waals surface area contributed by atoms with E-state index in [0.29, 0.717) is 16.3 Å². The summed E-state index contributed by atoms with van der Waals surface area (Å²) in [6, 6.07) is 9.46. The molecule has 1 aliphatic rings. The number of imide groups is 1. The van der Waals surface area contributed by atoms with Crippen molar-refractivity contribution in [3.63, 3.8) is 0 Å². The lowest BCUT2D eigenvalue weighted by atomic mass is 9.92. The Kier molecular flexibility index (Phi) is 6.26. The van der Waals surface area contributed by atoms with E-state index in [-0.39, 0.29) is 6.54 Å². The SMILES string of the molecule is Cc1ccc(NC(=O)CNC(=O)CN2C(=O)NC(C)(c3ccc(F)cc3)C2=O)c(Cl)c1. The lowest BCUT2D eigenvalue weighted by molar-refractivity contribution is -0.135. The van der Waals surface area contributed by atoms with Crippen LogP contribution >= 0.6 is 11.6 Å². The van der Waals surface area contributed by atoms with Crippen LogP contribution in [-0.2, 0) is 19.9 Å². The smallest absolute Gasteiger partial charge is 0.325 e. The third-order valence-electron chi connectivity index (χ3n) is 4.84. The zero-order valence-corrected chi connectivity index (χ0v) is 17.5. The Morgan fingerprint density at radius 1 is 1.13 bits per heavy atom. The maximum absolute atomic E-state index is 13.2. The van der Waals surface area contributed by atoms with Gasteiger partial charge in [-0.2, -0.15) is 0 Å². The van der Waals surface area contributed by atoms with Gasteiger partial charge >= 0.3 is 6.03 Å². The van der Waals surface area contributed by atoms with E-state index in [2.05, 4.69) is 16.0 Å². The Bertz CT molecular complexity index is 1060. The summed E-state index contributed by atoms with van der Waals surface area (Å²) in [6.07, 6.45) is 0. The third-order valence-corrected chi connectivity index (χ3v) is 5.16. The van der Waals surface area contributed by atoms with Crippen LogP contribution in [0.3, 0.4) is 0 Å². The number of urea groups is 1. The van der Waals surface area contributed by atoms with Gasteiger partial charge in [-0.15, -0.1) is 0 Å². The average molecular weight is 447 g/mol. The maximum atomic E-state index is 13.2. The van der Waals surface area contributed by atoms with Crippen molar-refractivity contribution in [1.82, 2.24) is 15.5 Å². The summed E-state index contributed by atoms with van der Waals surface area (Å²) in [6.45, 7) is 2.38.